The van der Waals surface area contributed by atoms with Gasteiger partial charge in [-0.25, -0.2) is 8.42 Å². The van der Waals surface area contributed by atoms with E-state index in [0.717, 1.165) is 0 Å². The van der Waals surface area contributed by atoms with Gasteiger partial charge in [-0.15, -0.1) is 0 Å². The summed E-state index contributed by atoms with van der Waals surface area (Å²) in [5, 5.41) is 0.868. The van der Waals surface area contributed by atoms with Crippen LogP contribution in [0.25, 0.3) is 0 Å². The molecule has 0 aromatic heterocycles. The lowest BCUT2D eigenvalue weighted by atomic mass is 10.2. The SMILES string of the molecule is O=C(COc1ccccc1)N=C1SC2CS(=O)(=O)CC2N1c1c(Cl)cccc1Cl. The molecule has 4 rings (SSSR count). The third-order valence-corrected chi connectivity index (χ3v) is 8.39. The number of ether oxygens (including phenoxy) is 1. The highest BCUT2D eigenvalue weighted by molar-refractivity contribution is 8.16. The van der Waals surface area contributed by atoms with Gasteiger partial charge in [-0.05, 0) is 24.3 Å². The van der Waals surface area contributed by atoms with Gasteiger partial charge in [0.2, 0.25) is 0 Å². The molecule has 29 heavy (non-hydrogen) atoms. The van der Waals surface area contributed by atoms with Crippen molar-refractivity contribution in [2.75, 3.05) is 23.0 Å². The zero-order valence-corrected chi connectivity index (χ0v) is 18.1. The Morgan fingerprint density at radius 3 is 2.48 bits per heavy atom. The van der Waals surface area contributed by atoms with E-state index < -0.39 is 15.7 Å². The highest BCUT2D eigenvalue weighted by atomic mass is 35.5. The van der Waals surface area contributed by atoms with Crippen molar-refractivity contribution in [3.05, 3.63) is 58.6 Å². The molecule has 0 radical (unpaired) electrons. The Bertz CT molecular complexity index is 1060. The molecule has 10 heteroatoms. The monoisotopic (exact) mass is 470 g/mol. The fourth-order valence-electron chi connectivity index (χ4n) is 3.35. The number of hydrogen-bond donors (Lipinski definition) is 0. The summed E-state index contributed by atoms with van der Waals surface area (Å²) in [5.41, 5.74) is 0.462. The van der Waals surface area contributed by atoms with Crippen molar-refractivity contribution in [2.24, 2.45) is 4.99 Å². The summed E-state index contributed by atoms with van der Waals surface area (Å²) >= 11 is 14.0. The normalized spacial score (nSPS) is 23.9. The van der Waals surface area contributed by atoms with E-state index in [0.29, 0.717) is 26.6 Å². The maximum Gasteiger partial charge on any atom is 0.285 e. The van der Waals surface area contributed by atoms with Crippen LogP contribution >= 0.6 is 35.0 Å². The third-order valence-electron chi connectivity index (χ3n) is 4.57. The quantitative estimate of drug-likeness (QED) is 0.678. The van der Waals surface area contributed by atoms with Gasteiger partial charge in [-0.3, -0.25) is 4.79 Å². The molecule has 2 aromatic rings. The van der Waals surface area contributed by atoms with Gasteiger partial charge in [-0.1, -0.05) is 59.2 Å². The standard InChI is InChI=1S/C19H16Cl2N2O4S2/c20-13-7-4-8-14(21)18(13)23-15-10-29(25,26)11-16(15)28-19(23)22-17(24)9-27-12-5-2-1-3-6-12/h1-8,15-16H,9-11H2. The molecule has 6 nitrogen and oxygen atoms in total. The molecule has 2 aliphatic rings. The van der Waals surface area contributed by atoms with Crippen LogP contribution in [0, 0.1) is 0 Å². The van der Waals surface area contributed by atoms with Gasteiger partial charge in [0.1, 0.15) is 5.75 Å². The van der Waals surface area contributed by atoms with Crippen LogP contribution in [0.2, 0.25) is 10.0 Å². The lowest BCUT2D eigenvalue weighted by molar-refractivity contribution is -0.119. The summed E-state index contributed by atoms with van der Waals surface area (Å²) in [6.07, 6.45) is 0. The molecule has 0 aliphatic carbocycles. The predicted octanol–water partition coefficient (Wildman–Crippen LogP) is 3.67. The Hall–Kier alpha value is -1.74. The number of amides is 1. The summed E-state index contributed by atoms with van der Waals surface area (Å²) in [5.74, 6) is 0.0654. The minimum atomic E-state index is -3.18. The van der Waals surface area contributed by atoms with E-state index >= 15 is 0 Å². The Labute approximate surface area is 182 Å². The summed E-state index contributed by atoms with van der Waals surface area (Å²) < 4.78 is 29.8. The number of carbonyl (C=O) groups excluding carboxylic acids is 1. The molecule has 0 bridgehead atoms. The zero-order chi connectivity index (χ0) is 20.6. The van der Waals surface area contributed by atoms with Crippen molar-refractivity contribution < 1.29 is 17.9 Å². The fraction of sp³-hybridized carbons (Fsp3) is 0.263. The average molecular weight is 471 g/mol. The van der Waals surface area contributed by atoms with Gasteiger partial charge in [-0.2, -0.15) is 4.99 Å². The van der Waals surface area contributed by atoms with E-state index in [4.69, 9.17) is 27.9 Å². The van der Waals surface area contributed by atoms with Gasteiger partial charge in [0.25, 0.3) is 5.91 Å². The second kappa shape index (κ2) is 8.18. The van der Waals surface area contributed by atoms with Crippen molar-refractivity contribution in [3.63, 3.8) is 0 Å². The van der Waals surface area contributed by atoms with Crippen molar-refractivity contribution in [2.45, 2.75) is 11.3 Å². The van der Waals surface area contributed by atoms with Crippen LogP contribution in [0.4, 0.5) is 5.69 Å². The Morgan fingerprint density at radius 2 is 1.79 bits per heavy atom. The van der Waals surface area contributed by atoms with E-state index in [2.05, 4.69) is 4.99 Å². The topological polar surface area (TPSA) is 76.0 Å². The van der Waals surface area contributed by atoms with Gasteiger partial charge in [0, 0.05) is 5.25 Å². The highest BCUT2D eigenvalue weighted by Gasteiger charge is 2.50. The summed E-state index contributed by atoms with van der Waals surface area (Å²) in [7, 11) is -3.18. The number of para-hydroxylation sites is 2. The Balaban J connectivity index is 1.63. The predicted molar refractivity (Wildman–Crippen MR) is 117 cm³/mol. The minimum absolute atomic E-state index is 0.0225. The number of carbonyl (C=O) groups is 1. The first-order chi connectivity index (χ1) is 13.8. The molecule has 2 heterocycles. The molecule has 2 aliphatic heterocycles. The van der Waals surface area contributed by atoms with Crippen LogP contribution in [0.1, 0.15) is 0 Å². The smallest absolute Gasteiger partial charge is 0.285 e. The van der Waals surface area contributed by atoms with Crippen LogP contribution in [0.3, 0.4) is 0 Å². The number of hydrogen-bond acceptors (Lipinski definition) is 5. The molecule has 2 atom stereocenters. The molecule has 2 fully saturated rings. The second-order valence-corrected chi connectivity index (χ2v) is 10.8. The summed E-state index contributed by atoms with van der Waals surface area (Å²) in [4.78, 5) is 18.3. The first-order valence-corrected chi connectivity index (χ1v) is 12.2. The van der Waals surface area contributed by atoms with Crippen LogP contribution in [0.5, 0.6) is 5.75 Å². The molecule has 0 spiro atoms. The van der Waals surface area contributed by atoms with E-state index in [1.165, 1.54) is 11.8 Å². The van der Waals surface area contributed by atoms with Crippen molar-refractivity contribution in [3.8, 4) is 5.75 Å². The second-order valence-electron chi connectivity index (χ2n) is 6.63. The van der Waals surface area contributed by atoms with Crippen LogP contribution < -0.4 is 9.64 Å². The number of rotatable bonds is 4. The molecule has 0 saturated carbocycles. The Kier molecular flexibility index (Phi) is 5.79. The molecule has 2 unspecified atom stereocenters. The Morgan fingerprint density at radius 1 is 1.10 bits per heavy atom. The lowest BCUT2D eigenvalue weighted by Gasteiger charge is -2.26. The zero-order valence-electron chi connectivity index (χ0n) is 15.0. The molecule has 2 aromatic carbocycles. The third kappa shape index (κ3) is 4.40. The number of halogens is 2. The van der Waals surface area contributed by atoms with Crippen LogP contribution in [-0.4, -0.2) is 48.9 Å². The maximum atomic E-state index is 12.4. The molecule has 0 N–H and O–H groups in total. The minimum Gasteiger partial charge on any atom is -0.484 e. The number of anilines is 1. The van der Waals surface area contributed by atoms with Gasteiger partial charge >= 0.3 is 0 Å². The highest BCUT2D eigenvalue weighted by Crippen LogP contribution is 2.45. The average Bonchev–Trinajstić information content (AvgIpc) is 3.13. The fourth-order valence-corrected chi connectivity index (χ4v) is 7.84. The number of fused-ring (bicyclic) bond motifs is 1. The number of nitrogens with zero attached hydrogens (tertiary/aromatic N) is 2. The number of sulfone groups is 1. The van der Waals surface area contributed by atoms with Crippen LogP contribution in [-0.2, 0) is 14.6 Å². The molecule has 1 amide bonds. The molecular weight excluding hydrogens is 455 g/mol. The number of aliphatic imine (C=N–C) groups is 1. The van der Waals surface area contributed by atoms with Gasteiger partial charge in [0.05, 0.1) is 33.3 Å². The van der Waals surface area contributed by atoms with E-state index in [1.54, 1.807) is 47.4 Å². The first-order valence-electron chi connectivity index (χ1n) is 8.74. The van der Waals surface area contributed by atoms with Crippen molar-refractivity contribution in [1.29, 1.82) is 0 Å². The molecule has 152 valence electrons. The largest absolute Gasteiger partial charge is 0.484 e. The summed E-state index contributed by atoms with van der Waals surface area (Å²) in [6, 6.07) is 13.6. The van der Waals surface area contributed by atoms with Crippen molar-refractivity contribution >= 4 is 61.6 Å². The van der Waals surface area contributed by atoms with E-state index in [-0.39, 0.29) is 29.4 Å². The first kappa shape index (κ1) is 20.5. The van der Waals surface area contributed by atoms with Gasteiger partial charge in [0.15, 0.2) is 21.6 Å². The van der Waals surface area contributed by atoms with E-state index in [1.807, 2.05) is 6.07 Å². The van der Waals surface area contributed by atoms with E-state index in [9.17, 15) is 13.2 Å². The maximum absolute atomic E-state index is 12.4. The van der Waals surface area contributed by atoms with Crippen molar-refractivity contribution in [1.82, 2.24) is 0 Å². The molecule has 2 saturated heterocycles. The number of amidine groups is 1. The number of benzene rings is 2. The van der Waals surface area contributed by atoms with Gasteiger partial charge < -0.3 is 9.64 Å². The summed E-state index contributed by atoms with van der Waals surface area (Å²) in [6.45, 7) is -0.230. The molecular formula is C19H16Cl2N2O4S2. The van der Waals surface area contributed by atoms with Crippen LogP contribution in [0.15, 0.2) is 53.5 Å². The lowest BCUT2D eigenvalue weighted by Crippen LogP contribution is -2.38. The number of thioether (sulfide) groups is 1.